The third-order valence-electron chi connectivity index (χ3n) is 4.24. The summed E-state index contributed by atoms with van der Waals surface area (Å²) in [4.78, 5) is 12.2. The second kappa shape index (κ2) is 7.04. The summed E-state index contributed by atoms with van der Waals surface area (Å²) in [6.45, 7) is 3.36. The molecule has 3 unspecified atom stereocenters. The lowest BCUT2D eigenvalue weighted by molar-refractivity contribution is -0.137. The molecule has 1 aromatic rings. The smallest absolute Gasteiger partial charge is 0.351 e. The van der Waals surface area contributed by atoms with E-state index in [1.54, 1.807) is 0 Å². The molecule has 1 amide bonds. The van der Waals surface area contributed by atoms with E-state index >= 15 is 0 Å². The summed E-state index contributed by atoms with van der Waals surface area (Å²) in [5.41, 5.74) is 10.7. The van der Waals surface area contributed by atoms with Crippen molar-refractivity contribution in [3.8, 4) is 0 Å². The average molecular weight is 348 g/mol. The molecule has 1 fully saturated rings. The standard InChI is InChI=1S/C15H20F4N4O/c1-7-12(8(2)23-22-7)13(20)14(24)21-6-9-5-10(15(17,18)19)3-4-11(9)16/h3-5,7-8,12-13,22-23H,6,20H2,1-2H3,(H,21,24). The molecule has 2 rings (SSSR count). The van der Waals surface area contributed by atoms with Crippen molar-refractivity contribution in [3.63, 3.8) is 0 Å². The normalized spacial score (nSPS) is 25.5. The second-order valence-corrected chi connectivity index (χ2v) is 5.99. The van der Waals surface area contributed by atoms with Crippen LogP contribution >= 0.6 is 0 Å². The maximum Gasteiger partial charge on any atom is 0.416 e. The van der Waals surface area contributed by atoms with Crippen LogP contribution in [0.4, 0.5) is 17.6 Å². The first-order valence-corrected chi connectivity index (χ1v) is 7.51. The molecule has 0 aromatic heterocycles. The lowest BCUT2D eigenvalue weighted by Crippen LogP contribution is -2.50. The molecule has 0 bridgehead atoms. The Labute approximate surface area is 136 Å². The zero-order valence-corrected chi connectivity index (χ0v) is 13.2. The van der Waals surface area contributed by atoms with Crippen LogP contribution in [0.3, 0.4) is 0 Å². The molecule has 24 heavy (non-hydrogen) atoms. The van der Waals surface area contributed by atoms with Gasteiger partial charge >= 0.3 is 6.18 Å². The fraction of sp³-hybridized carbons (Fsp3) is 0.533. The molecule has 0 radical (unpaired) electrons. The summed E-state index contributed by atoms with van der Waals surface area (Å²) < 4.78 is 51.7. The van der Waals surface area contributed by atoms with E-state index in [0.29, 0.717) is 12.1 Å². The largest absolute Gasteiger partial charge is 0.416 e. The highest BCUT2D eigenvalue weighted by molar-refractivity contribution is 5.82. The molecule has 3 atom stereocenters. The van der Waals surface area contributed by atoms with Gasteiger partial charge in [0.25, 0.3) is 0 Å². The number of amides is 1. The lowest BCUT2D eigenvalue weighted by atomic mass is 9.88. The van der Waals surface area contributed by atoms with Crippen molar-refractivity contribution in [2.75, 3.05) is 0 Å². The first-order chi connectivity index (χ1) is 11.1. The highest BCUT2D eigenvalue weighted by Crippen LogP contribution is 2.30. The molecular formula is C15H20F4N4O. The minimum Gasteiger partial charge on any atom is -0.351 e. The number of nitrogens with two attached hydrogens (primary N) is 1. The van der Waals surface area contributed by atoms with Crippen molar-refractivity contribution in [1.29, 1.82) is 0 Å². The molecule has 1 aromatic carbocycles. The monoisotopic (exact) mass is 348 g/mol. The molecule has 1 aliphatic heterocycles. The Kier molecular flexibility index (Phi) is 5.46. The third kappa shape index (κ3) is 4.03. The molecule has 1 aliphatic rings. The summed E-state index contributed by atoms with van der Waals surface area (Å²) in [7, 11) is 0. The van der Waals surface area contributed by atoms with Crippen molar-refractivity contribution in [3.05, 3.63) is 35.1 Å². The number of halogens is 4. The van der Waals surface area contributed by atoms with E-state index < -0.39 is 29.5 Å². The van der Waals surface area contributed by atoms with E-state index in [1.807, 2.05) is 13.8 Å². The van der Waals surface area contributed by atoms with Crippen molar-refractivity contribution in [2.24, 2.45) is 11.7 Å². The van der Waals surface area contributed by atoms with Gasteiger partial charge in [0, 0.05) is 30.1 Å². The summed E-state index contributed by atoms with van der Waals surface area (Å²) >= 11 is 0. The van der Waals surface area contributed by atoms with E-state index in [-0.39, 0.29) is 30.1 Å². The van der Waals surface area contributed by atoms with Gasteiger partial charge in [-0.25, -0.2) is 4.39 Å². The Hall–Kier alpha value is -1.71. The van der Waals surface area contributed by atoms with Crippen molar-refractivity contribution >= 4 is 5.91 Å². The van der Waals surface area contributed by atoms with E-state index in [1.165, 1.54) is 0 Å². The topological polar surface area (TPSA) is 79.2 Å². The molecule has 5 N–H and O–H groups in total. The number of hydrazine groups is 1. The number of nitrogens with one attached hydrogen (secondary N) is 3. The molecule has 5 nitrogen and oxygen atoms in total. The molecule has 0 saturated carbocycles. The van der Waals surface area contributed by atoms with Gasteiger partial charge in [-0.3, -0.25) is 15.6 Å². The number of carbonyl (C=O) groups is 1. The van der Waals surface area contributed by atoms with Crippen molar-refractivity contribution in [1.82, 2.24) is 16.2 Å². The number of rotatable bonds is 4. The van der Waals surface area contributed by atoms with Gasteiger partial charge < -0.3 is 11.1 Å². The maximum atomic E-state index is 13.7. The second-order valence-electron chi connectivity index (χ2n) is 5.99. The molecule has 1 heterocycles. The lowest BCUT2D eigenvalue weighted by Gasteiger charge is -2.24. The van der Waals surface area contributed by atoms with Gasteiger partial charge in [0.05, 0.1) is 11.6 Å². The van der Waals surface area contributed by atoms with Crippen LogP contribution in [0.2, 0.25) is 0 Å². The van der Waals surface area contributed by atoms with Gasteiger partial charge in [-0.05, 0) is 32.0 Å². The van der Waals surface area contributed by atoms with Gasteiger partial charge in [0.15, 0.2) is 0 Å². The predicted octanol–water partition coefficient (Wildman–Crippen LogP) is 1.29. The number of benzene rings is 1. The number of hydrogen-bond acceptors (Lipinski definition) is 4. The van der Waals surface area contributed by atoms with Gasteiger partial charge in [0.1, 0.15) is 5.82 Å². The van der Waals surface area contributed by atoms with Gasteiger partial charge in [-0.1, -0.05) is 0 Å². The number of hydrogen-bond donors (Lipinski definition) is 4. The highest BCUT2D eigenvalue weighted by atomic mass is 19.4. The Morgan fingerprint density at radius 2 is 1.88 bits per heavy atom. The first kappa shape index (κ1) is 18.6. The molecule has 1 saturated heterocycles. The van der Waals surface area contributed by atoms with Crippen LogP contribution in [0.5, 0.6) is 0 Å². The predicted molar refractivity (Wildman–Crippen MR) is 79.9 cm³/mol. The number of alkyl halides is 3. The van der Waals surface area contributed by atoms with E-state index in [2.05, 4.69) is 16.2 Å². The molecular weight excluding hydrogens is 328 g/mol. The van der Waals surface area contributed by atoms with Gasteiger partial charge in [-0.2, -0.15) is 13.2 Å². The van der Waals surface area contributed by atoms with E-state index in [9.17, 15) is 22.4 Å². The van der Waals surface area contributed by atoms with Crippen LogP contribution in [-0.2, 0) is 17.5 Å². The quantitative estimate of drug-likeness (QED) is 0.619. The Bertz CT molecular complexity index is 598. The zero-order chi connectivity index (χ0) is 18.1. The highest BCUT2D eigenvalue weighted by Gasteiger charge is 2.38. The molecule has 9 heteroatoms. The van der Waals surface area contributed by atoms with Crippen LogP contribution < -0.4 is 21.9 Å². The fourth-order valence-corrected chi connectivity index (χ4v) is 2.87. The Morgan fingerprint density at radius 1 is 1.29 bits per heavy atom. The minimum absolute atomic E-state index is 0.0500. The zero-order valence-electron chi connectivity index (χ0n) is 13.2. The summed E-state index contributed by atoms with van der Waals surface area (Å²) in [6.07, 6.45) is -4.57. The maximum absolute atomic E-state index is 13.7. The van der Waals surface area contributed by atoms with Crippen LogP contribution in [-0.4, -0.2) is 24.0 Å². The van der Waals surface area contributed by atoms with Crippen molar-refractivity contribution in [2.45, 2.75) is 44.7 Å². The fourth-order valence-electron chi connectivity index (χ4n) is 2.87. The summed E-state index contributed by atoms with van der Waals surface area (Å²) in [6, 6.07) is 1.11. The van der Waals surface area contributed by atoms with E-state index in [4.69, 9.17) is 5.73 Å². The molecule has 134 valence electrons. The van der Waals surface area contributed by atoms with Gasteiger partial charge in [0.2, 0.25) is 5.91 Å². The Balaban J connectivity index is 2.04. The van der Waals surface area contributed by atoms with Crippen molar-refractivity contribution < 1.29 is 22.4 Å². The first-order valence-electron chi connectivity index (χ1n) is 7.51. The van der Waals surface area contributed by atoms with Gasteiger partial charge in [-0.15, -0.1) is 0 Å². The van der Waals surface area contributed by atoms with E-state index in [0.717, 1.165) is 6.07 Å². The summed E-state index contributed by atoms with van der Waals surface area (Å²) in [5.74, 6) is -1.56. The van der Waals surface area contributed by atoms with Crippen LogP contribution in [0.15, 0.2) is 18.2 Å². The van der Waals surface area contributed by atoms with Crippen LogP contribution in [0.1, 0.15) is 25.0 Å². The Morgan fingerprint density at radius 3 is 2.42 bits per heavy atom. The van der Waals surface area contributed by atoms with Crippen LogP contribution in [0, 0.1) is 11.7 Å². The summed E-state index contributed by atoms with van der Waals surface area (Å²) in [5, 5.41) is 2.41. The molecule has 0 spiro atoms. The third-order valence-corrected chi connectivity index (χ3v) is 4.24. The minimum atomic E-state index is -4.57. The number of carbonyl (C=O) groups excluding carboxylic acids is 1. The molecule has 0 aliphatic carbocycles. The average Bonchev–Trinajstić information content (AvgIpc) is 2.83. The SMILES string of the molecule is CC1NNC(C)C1C(N)C(=O)NCc1cc(C(F)(F)F)ccc1F. The van der Waals surface area contributed by atoms with Crippen LogP contribution in [0.25, 0.3) is 0 Å².